The summed E-state index contributed by atoms with van der Waals surface area (Å²) in [6.07, 6.45) is 4.90. The molecule has 0 aliphatic carbocycles. The van der Waals surface area contributed by atoms with E-state index < -0.39 is 4.92 Å². The molecule has 2 aromatic rings. The van der Waals surface area contributed by atoms with Crippen LogP contribution < -0.4 is 0 Å². The average Bonchev–Trinajstić information content (AvgIpc) is 2.68. The highest BCUT2D eigenvalue weighted by molar-refractivity contribution is 14.1. The van der Waals surface area contributed by atoms with Crippen LogP contribution in [0.1, 0.15) is 11.4 Å². The van der Waals surface area contributed by atoms with Gasteiger partial charge in [0.15, 0.2) is 0 Å². The molecule has 0 spiro atoms. The lowest BCUT2D eigenvalue weighted by Gasteiger charge is -1.95. The van der Waals surface area contributed by atoms with Crippen molar-refractivity contribution in [3.8, 4) is 0 Å². The Bertz CT molecular complexity index is 620. The largest absolute Gasteiger partial charge is 0.358 e. The number of nitrogens with zero attached hydrogens (tertiary/aromatic N) is 3. The second-order valence-electron chi connectivity index (χ2n) is 3.68. The molecule has 0 fully saturated rings. The Morgan fingerprint density at radius 2 is 2.22 bits per heavy atom. The molecule has 0 radical (unpaired) electrons. The number of hydrogen-bond acceptors (Lipinski definition) is 3. The quantitative estimate of drug-likeness (QED) is 0.483. The second-order valence-corrected chi connectivity index (χ2v) is 4.92. The van der Waals surface area contributed by atoms with Crippen LogP contribution >= 0.6 is 22.6 Å². The molecule has 0 saturated carbocycles. The fourth-order valence-electron chi connectivity index (χ4n) is 1.52. The first kappa shape index (κ1) is 12.7. The Labute approximate surface area is 117 Å². The second kappa shape index (κ2) is 5.30. The van der Waals surface area contributed by atoms with Gasteiger partial charge in [-0.15, -0.1) is 0 Å². The fourth-order valence-corrected chi connectivity index (χ4v) is 2.09. The predicted molar refractivity (Wildman–Crippen MR) is 77.9 cm³/mol. The van der Waals surface area contributed by atoms with Crippen LogP contribution in [-0.2, 0) is 7.05 Å². The van der Waals surface area contributed by atoms with E-state index in [0.717, 1.165) is 9.13 Å². The highest BCUT2D eigenvalue weighted by atomic mass is 127. The Hall–Kier alpha value is -1.70. The van der Waals surface area contributed by atoms with Crippen molar-refractivity contribution in [1.29, 1.82) is 0 Å². The van der Waals surface area contributed by atoms with E-state index in [1.807, 2.05) is 30.3 Å². The van der Waals surface area contributed by atoms with Gasteiger partial charge in [0.05, 0.1) is 7.05 Å². The van der Waals surface area contributed by atoms with Crippen LogP contribution in [-0.4, -0.2) is 14.5 Å². The molecule has 18 heavy (non-hydrogen) atoms. The third-order valence-corrected chi connectivity index (χ3v) is 3.13. The number of imidazole rings is 1. The Morgan fingerprint density at radius 1 is 1.44 bits per heavy atom. The molecule has 2 rings (SSSR count). The minimum atomic E-state index is -0.449. The zero-order valence-electron chi connectivity index (χ0n) is 9.58. The summed E-state index contributed by atoms with van der Waals surface area (Å²) in [5.74, 6) is 0.540. The zero-order valence-corrected chi connectivity index (χ0v) is 11.7. The Morgan fingerprint density at radius 3 is 2.83 bits per heavy atom. The van der Waals surface area contributed by atoms with Gasteiger partial charge >= 0.3 is 5.82 Å². The third-order valence-electron chi connectivity index (χ3n) is 2.46. The summed E-state index contributed by atoms with van der Waals surface area (Å²) in [4.78, 5) is 14.2. The van der Waals surface area contributed by atoms with Crippen LogP contribution in [0.25, 0.3) is 12.2 Å². The molecule has 0 aliphatic rings. The van der Waals surface area contributed by atoms with Crippen molar-refractivity contribution in [2.75, 3.05) is 0 Å². The maximum Gasteiger partial charge on any atom is 0.342 e. The summed E-state index contributed by atoms with van der Waals surface area (Å²) < 4.78 is 2.59. The van der Waals surface area contributed by atoms with Crippen LogP contribution in [0.4, 0.5) is 5.82 Å². The van der Waals surface area contributed by atoms with Gasteiger partial charge in [0.25, 0.3) is 0 Å². The molecule has 0 unspecified atom stereocenters. The lowest BCUT2D eigenvalue weighted by molar-refractivity contribution is -0.391. The molecule has 5 nitrogen and oxygen atoms in total. The molecule has 92 valence electrons. The van der Waals surface area contributed by atoms with Crippen molar-refractivity contribution in [1.82, 2.24) is 9.55 Å². The number of nitro groups is 1. The van der Waals surface area contributed by atoms with Gasteiger partial charge in [-0.2, -0.15) is 0 Å². The highest BCUT2D eigenvalue weighted by Crippen LogP contribution is 2.15. The zero-order chi connectivity index (χ0) is 13.1. The van der Waals surface area contributed by atoms with Gasteiger partial charge in [-0.1, -0.05) is 12.1 Å². The van der Waals surface area contributed by atoms with E-state index >= 15 is 0 Å². The van der Waals surface area contributed by atoms with E-state index in [1.165, 1.54) is 10.8 Å². The van der Waals surface area contributed by atoms with Gasteiger partial charge in [0.1, 0.15) is 6.20 Å². The molecular formula is C12H10IN3O2. The molecule has 0 bridgehead atoms. The molecule has 0 saturated heterocycles. The Balaban J connectivity index is 2.27. The van der Waals surface area contributed by atoms with Crippen molar-refractivity contribution in [3.05, 3.63) is 55.5 Å². The third kappa shape index (κ3) is 2.76. The smallest absolute Gasteiger partial charge is 0.342 e. The van der Waals surface area contributed by atoms with E-state index in [9.17, 15) is 10.1 Å². The highest BCUT2D eigenvalue weighted by Gasteiger charge is 2.13. The van der Waals surface area contributed by atoms with Crippen molar-refractivity contribution in [2.24, 2.45) is 7.05 Å². The maximum absolute atomic E-state index is 10.7. The summed E-state index contributed by atoms with van der Waals surface area (Å²) in [5, 5.41) is 10.7. The number of rotatable bonds is 3. The number of halogens is 1. The first-order chi connectivity index (χ1) is 8.58. The topological polar surface area (TPSA) is 61.0 Å². The molecule has 6 heteroatoms. The van der Waals surface area contributed by atoms with Crippen molar-refractivity contribution < 1.29 is 4.92 Å². The van der Waals surface area contributed by atoms with Crippen LogP contribution in [0.15, 0.2) is 30.5 Å². The normalized spacial score (nSPS) is 11.0. The number of hydrogen-bond donors (Lipinski definition) is 0. The molecule has 0 N–H and O–H groups in total. The van der Waals surface area contributed by atoms with Crippen LogP contribution in [0.5, 0.6) is 0 Å². The van der Waals surface area contributed by atoms with Gasteiger partial charge < -0.3 is 10.1 Å². The molecule has 0 amide bonds. The van der Waals surface area contributed by atoms with Crippen molar-refractivity contribution >= 4 is 40.6 Å². The van der Waals surface area contributed by atoms with Gasteiger partial charge in [0, 0.05) is 9.65 Å². The fraction of sp³-hybridized carbons (Fsp3) is 0.0833. The van der Waals surface area contributed by atoms with E-state index in [4.69, 9.17) is 0 Å². The van der Waals surface area contributed by atoms with Crippen LogP contribution in [0, 0.1) is 13.7 Å². The molecule has 0 atom stereocenters. The molecule has 1 aromatic carbocycles. The Kier molecular flexibility index (Phi) is 3.75. The maximum atomic E-state index is 10.7. The lowest BCUT2D eigenvalue weighted by atomic mass is 10.2. The molecule has 1 heterocycles. The summed E-state index contributed by atoms with van der Waals surface area (Å²) in [6, 6.07) is 7.95. The van der Waals surface area contributed by atoms with Gasteiger partial charge in [-0.25, -0.2) is 9.55 Å². The minimum absolute atomic E-state index is 0.0164. The van der Waals surface area contributed by atoms with Gasteiger partial charge in [-0.3, -0.25) is 0 Å². The SMILES string of the molecule is Cn1c([N+](=O)[O-])cnc1/C=C/c1cccc(I)c1. The number of benzene rings is 1. The number of aromatic nitrogens is 2. The van der Waals surface area contributed by atoms with E-state index in [1.54, 1.807) is 13.1 Å². The van der Waals surface area contributed by atoms with Crippen molar-refractivity contribution in [2.45, 2.75) is 0 Å². The first-order valence-electron chi connectivity index (χ1n) is 5.17. The summed E-state index contributed by atoms with van der Waals surface area (Å²) >= 11 is 2.24. The van der Waals surface area contributed by atoms with E-state index in [-0.39, 0.29) is 5.82 Å². The molecule has 0 aliphatic heterocycles. The predicted octanol–water partition coefficient (Wildman–Crippen LogP) is 3.10. The monoisotopic (exact) mass is 355 g/mol. The molecular weight excluding hydrogens is 345 g/mol. The minimum Gasteiger partial charge on any atom is -0.358 e. The van der Waals surface area contributed by atoms with Gasteiger partial charge in [-0.05, 0) is 51.3 Å². The lowest BCUT2D eigenvalue weighted by Crippen LogP contribution is -1.98. The summed E-state index contributed by atoms with van der Waals surface area (Å²) in [5.41, 5.74) is 1.03. The summed E-state index contributed by atoms with van der Waals surface area (Å²) in [6.45, 7) is 0. The average molecular weight is 355 g/mol. The molecule has 1 aromatic heterocycles. The standard InChI is InChI=1S/C12H10IN3O2/c1-15-11(14-8-12(15)16(17)18)6-5-9-3-2-4-10(13)7-9/h2-8H,1H3/b6-5+. The van der Waals surface area contributed by atoms with E-state index in [2.05, 4.69) is 27.6 Å². The van der Waals surface area contributed by atoms with Crippen LogP contribution in [0.2, 0.25) is 0 Å². The first-order valence-corrected chi connectivity index (χ1v) is 6.25. The summed E-state index contributed by atoms with van der Waals surface area (Å²) in [7, 11) is 1.62. The van der Waals surface area contributed by atoms with E-state index in [0.29, 0.717) is 5.82 Å². The van der Waals surface area contributed by atoms with Gasteiger partial charge in [0.2, 0.25) is 5.82 Å². The van der Waals surface area contributed by atoms with Crippen LogP contribution in [0.3, 0.4) is 0 Å². The van der Waals surface area contributed by atoms with Crippen molar-refractivity contribution in [3.63, 3.8) is 0 Å².